The molecule has 3 heterocycles. The number of quaternary nitrogens is 1. The van der Waals surface area contributed by atoms with E-state index in [0.29, 0.717) is 30.6 Å². The third-order valence-corrected chi connectivity index (χ3v) is 9.05. The minimum atomic E-state index is -0.539. The van der Waals surface area contributed by atoms with E-state index in [1.165, 1.54) is 19.8 Å². The van der Waals surface area contributed by atoms with E-state index in [9.17, 15) is 9.59 Å². The molecule has 3 aromatic rings. The third kappa shape index (κ3) is 5.25. The van der Waals surface area contributed by atoms with Gasteiger partial charge in [-0.2, -0.15) is 0 Å². The van der Waals surface area contributed by atoms with Crippen molar-refractivity contribution in [2.24, 2.45) is 0 Å². The van der Waals surface area contributed by atoms with Crippen molar-refractivity contribution >= 4 is 38.8 Å². The summed E-state index contributed by atoms with van der Waals surface area (Å²) in [6.07, 6.45) is 1.45. The van der Waals surface area contributed by atoms with Gasteiger partial charge in [-0.05, 0) is 35.9 Å². The number of alkyl halides is 1. The summed E-state index contributed by atoms with van der Waals surface area (Å²) >= 11 is 3.91. The van der Waals surface area contributed by atoms with E-state index < -0.39 is 5.54 Å². The van der Waals surface area contributed by atoms with Crippen LogP contribution in [0.25, 0.3) is 10.9 Å². The highest BCUT2D eigenvalue weighted by Gasteiger charge is 2.59. The number of benzene rings is 2. The second-order valence-corrected chi connectivity index (χ2v) is 11.4. The van der Waals surface area contributed by atoms with Gasteiger partial charge >= 0.3 is 11.9 Å². The Morgan fingerprint density at radius 3 is 2.56 bits per heavy atom. The summed E-state index contributed by atoms with van der Waals surface area (Å²) in [5.41, 5.74) is 2.76. The number of aromatic amines is 1. The number of halogens is 1. The molecule has 1 saturated heterocycles. The lowest BCUT2D eigenvalue weighted by Gasteiger charge is -2.47. The van der Waals surface area contributed by atoms with E-state index in [1.807, 2.05) is 42.5 Å². The van der Waals surface area contributed by atoms with Gasteiger partial charge in [0.15, 0.2) is 6.54 Å². The number of para-hydroxylation sites is 1. The summed E-state index contributed by atoms with van der Waals surface area (Å²) in [5.74, 6) is 1.02. The minimum Gasteiger partial charge on any atom is -0.497 e. The van der Waals surface area contributed by atoms with E-state index in [4.69, 9.17) is 18.9 Å². The molecule has 1 spiro atoms. The summed E-state index contributed by atoms with van der Waals surface area (Å²) in [6.45, 7) is 2.75. The summed E-state index contributed by atoms with van der Waals surface area (Å²) < 4.78 is 22.3. The number of nitrogens with zero attached hydrogens (tertiary/aromatic N) is 2. The number of esters is 2. The number of rotatable bonds is 9. The van der Waals surface area contributed by atoms with E-state index >= 15 is 0 Å². The van der Waals surface area contributed by atoms with Crippen LogP contribution in [0, 0.1) is 0 Å². The van der Waals surface area contributed by atoms with Crippen molar-refractivity contribution < 1.29 is 33.0 Å². The average molecular weight is 602 g/mol. The van der Waals surface area contributed by atoms with Crippen molar-refractivity contribution in [1.82, 2.24) is 9.88 Å². The highest BCUT2D eigenvalue weighted by Crippen LogP contribution is 2.49. The van der Waals surface area contributed by atoms with E-state index in [-0.39, 0.29) is 30.0 Å². The van der Waals surface area contributed by atoms with Crippen LogP contribution in [0.4, 0.5) is 0 Å². The fourth-order valence-corrected chi connectivity index (χ4v) is 7.16. The van der Waals surface area contributed by atoms with Crippen LogP contribution in [-0.4, -0.2) is 91.9 Å². The molecule has 3 atom stereocenters. The van der Waals surface area contributed by atoms with E-state index in [0.717, 1.165) is 41.1 Å². The average Bonchev–Trinajstić information content (AvgIpc) is 3.50. The fourth-order valence-electron chi connectivity index (χ4n) is 6.30. The van der Waals surface area contributed by atoms with Crippen LogP contribution < -0.4 is 9.47 Å². The second-order valence-electron chi connectivity index (χ2n) is 10.4. The van der Waals surface area contributed by atoms with Crippen molar-refractivity contribution in [1.29, 1.82) is 0 Å². The zero-order valence-corrected chi connectivity index (χ0v) is 24.2. The summed E-state index contributed by atoms with van der Waals surface area (Å²) in [4.78, 5) is 31.1. The molecule has 0 aliphatic carbocycles. The molecule has 0 bridgehead atoms. The zero-order chi connectivity index (χ0) is 27.6. The number of ether oxygens (including phenoxy) is 4. The van der Waals surface area contributed by atoms with Gasteiger partial charge in [-0.3, -0.25) is 9.69 Å². The molecule has 1 aromatic heterocycles. The first-order valence-electron chi connectivity index (χ1n) is 13.1. The van der Waals surface area contributed by atoms with Crippen LogP contribution in [0.5, 0.6) is 11.5 Å². The predicted octanol–water partition coefficient (Wildman–Crippen LogP) is 3.60. The Labute approximate surface area is 236 Å². The first kappa shape index (κ1) is 27.5. The molecular formula is C29H35BrN3O6+. The first-order chi connectivity index (χ1) is 18.8. The van der Waals surface area contributed by atoms with Gasteiger partial charge in [0.2, 0.25) is 0 Å². The number of hydrogen-bond acceptors (Lipinski definition) is 7. The summed E-state index contributed by atoms with van der Waals surface area (Å²) in [6, 6.07) is 15.7. The number of carbonyl (C=O) groups excluding carboxylic acids is 2. The van der Waals surface area contributed by atoms with Crippen LogP contribution in [0.3, 0.4) is 0 Å². The van der Waals surface area contributed by atoms with Gasteiger partial charge in [0.25, 0.3) is 0 Å². The molecule has 2 aromatic carbocycles. The summed E-state index contributed by atoms with van der Waals surface area (Å²) in [5, 5.41) is 1.11. The molecule has 5 rings (SSSR count). The number of hydrogen-bond donors (Lipinski definition) is 1. The predicted molar refractivity (Wildman–Crippen MR) is 150 cm³/mol. The van der Waals surface area contributed by atoms with Crippen LogP contribution in [0.15, 0.2) is 48.5 Å². The molecule has 0 saturated carbocycles. The lowest BCUT2D eigenvalue weighted by atomic mass is 9.83. The van der Waals surface area contributed by atoms with Gasteiger partial charge in [0, 0.05) is 29.4 Å². The highest BCUT2D eigenvalue weighted by atomic mass is 79.9. The standard InChI is InChI=1S/C29H35BrN3O6/c1-36-21-9-10-24-22(15-21)23-16-25(30)32(17-26(34)37-2)29(28(23)31-24)11-12-33(19-29,18-27(35)38-3)13-14-39-20-7-5-4-6-8-20/h4-10,15,25,31H,11-14,16-19H2,1-3H3/q+1. The quantitative estimate of drug-likeness (QED) is 0.174. The topological polar surface area (TPSA) is 90.1 Å². The fraction of sp³-hybridized carbons (Fsp3) is 0.448. The second kappa shape index (κ2) is 11.2. The van der Waals surface area contributed by atoms with E-state index in [1.54, 1.807) is 7.11 Å². The molecule has 10 heteroatoms. The normalized spacial score (nSPS) is 24.5. The van der Waals surface area contributed by atoms with Crippen LogP contribution in [0.1, 0.15) is 17.7 Å². The van der Waals surface area contributed by atoms with Gasteiger partial charge < -0.3 is 28.4 Å². The Morgan fingerprint density at radius 1 is 1.08 bits per heavy atom. The van der Waals surface area contributed by atoms with Crippen molar-refractivity contribution in [3.8, 4) is 11.5 Å². The number of nitrogens with one attached hydrogen (secondary N) is 1. The van der Waals surface area contributed by atoms with E-state index in [2.05, 4.69) is 31.9 Å². The number of fused-ring (bicyclic) bond motifs is 4. The third-order valence-electron chi connectivity index (χ3n) is 8.23. The lowest BCUT2D eigenvalue weighted by molar-refractivity contribution is -0.912. The molecule has 3 unspecified atom stereocenters. The summed E-state index contributed by atoms with van der Waals surface area (Å²) in [7, 11) is 4.50. The molecule has 1 fully saturated rings. The maximum atomic E-state index is 12.7. The molecule has 0 radical (unpaired) electrons. The van der Waals surface area contributed by atoms with Crippen molar-refractivity contribution in [2.75, 3.05) is 60.7 Å². The van der Waals surface area contributed by atoms with Crippen molar-refractivity contribution in [3.05, 3.63) is 59.8 Å². The van der Waals surface area contributed by atoms with Crippen molar-refractivity contribution in [3.63, 3.8) is 0 Å². The number of methoxy groups -OCH3 is 3. The monoisotopic (exact) mass is 600 g/mol. The van der Waals surface area contributed by atoms with Gasteiger partial charge in [-0.1, -0.05) is 34.1 Å². The number of aromatic nitrogens is 1. The molecular weight excluding hydrogens is 566 g/mol. The molecule has 2 aliphatic heterocycles. The van der Waals surface area contributed by atoms with Gasteiger partial charge in [0.05, 0.1) is 39.4 Å². The first-order valence-corrected chi connectivity index (χ1v) is 14.0. The maximum Gasteiger partial charge on any atom is 0.361 e. The number of H-pyrrole nitrogens is 1. The SMILES string of the molecule is COC(=O)CN1C(Br)Cc2c([nH]c3ccc(OC)cc23)C12CC[N+](CCOc1ccccc1)(CC(=O)OC)C2. The van der Waals surface area contributed by atoms with Gasteiger partial charge in [-0.25, -0.2) is 4.79 Å². The molecule has 208 valence electrons. The van der Waals surface area contributed by atoms with Crippen LogP contribution >= 0.6 is 15.9 Å². The molecule has 1 N–H and O–H groups in total. The van der Waals surface area contributed by atoms with Crippen LogP contribution in [0.2, 0.25) is 0 Å². The molecule has 39 heavy (non-hydrogen) atoms. The Balaban J connectivity index is 1.55. The zero-order valence-electron chi connectivity index (χ0n) is 22.6. The Morgan fingerprint density at radius 2 is 1.85 bits per heavy atom. The highest BCUT2D eigenvalue weighted by molar-refractivity contribution is 9.09. The van der Waals surface area contributed by atoms with Gasteiger partial charge in [-0.15, -0.1) is 0 Å². The molecule has 9 nitrogen and oxygen atoms in total. The lowest BCUT2D eigenvalue weighted by Crippen LogP contribution is -2.60. The van der Waals surface area contributed by atoms with Crippen molar-refractivity contribution in [2.45, 2.75) is 23.3 Å². The minimum absolute atomic E-state index is 0.104. The number of carbonyl (C=O) groups is 2. The smallest absolute Gasteiger partial charge is 0.361 e. The maximum absolute atomic E-state index is 12.7. The van der Waals surface area contributed by atoms with Gasteiger partial charge in [0.1, 0.15) is 36.7 Å². The Kier molecular flexibility index (Phi) is 7.89. The Hall–Kier alpha value is -3.08. The molecule has 0 amide bonds. The van der Waals surface area contributed by atoms with Crippen LogP contribution in [-0.2, 0) is 31.0 Å². The number of likely N-dealkylation sites (tertiary alicyclic amines) is 1. The Bertz CT molecular complexity index is 1350. The largest absolute Gasteiger partial charge is 0.497 e. The molecule has 2 aliphatic rings.